The van der Waals surface area contributed by atoms with E-state index in [0.717, 1.165) is 6.07 Å². The third-order valence-electron chi connectivity index (χ3n) is 7.16. The van der Waals surface area contributed by atoms with Crippen LogP contribution in [0.5, 0.6) is 0 Å². The third kappa shape index (κ3) is 7.41. The van der Waals surface area contributed by atoms with Crippen molar-refractivity contribution in [2.45, 2.75) is 38.5 Å². The number of halogens is 6. The highest BCUT2D eigenvalue weighted by atomic mass is 35.5. The van der Waals surface area contributed by atoms with Crippen LogP contribution in [0, 0.1) is 17.6 Å². The van der Waals surface area contributed by atoms with Crippen LogP contribution in [-0.4, -0.2) is 68.3 Å². The van der Waals surface area contributed by atoms with E-state index in [1.54, 1.807) is 11.0 Å². The van der Waals surface area contributed by atoms with E-state index in [9.17, 15) is 31.5 Å². The number of anilines is 2. The van der Waals surface area contributed by atoms with Gasteiger partial charge in [-0.25, -0.2) is 8.78 Å². The van der Waals surface area contributed by atoms with Gasteiger partial charge in [0.25, 0.3) is 5.91 Å². The summed E-state index contributed by atoms with van der Waals surface area (Å²) in [5.74, 6) is -4.13. The van der Waals surface area contributed by atoms with Crippen LogP contribution < -0.4 is 15.5 Å². The number of amides is 2. The van der Waals surface area contributed by atoms with Crippen molar-refractivity contribution in [2.24, 2.45) is 5.92 Å². The molecular weight excluding hydrogens is 559 g/mol. The molecule has 2 aromatic carbocycles. The molecule has 0 aliphatic carbocycles. The highest BCUT2D eigenvalue weighted by molar-refractivity contribution is 6.31. The molecule has 4 rings (SSSR count). The van der Waals surface area contributed by atoms with Gasteiger partial charge in [-0.2, -0.15) is 13.2 Å². The van der Waals surface area contributed by atoms with Crippen LogP contribution in [0.2, 0.25) is 5.02 Å². The van der Waals surface area contributed by atoms with Crippen molar-refractivity contribution in [1.82, 2.24) is 10.2 Å². The van der Waals surface area contributed by atoms with Gasteiger partial charge >= 0.3 is 6.18 Å². The number of carbonyl (C=O) groups excluding carboxylic acids is 2. The first-order valence-corrected chi connectivity index (χ1v) is 13.3. The lowest BCUT2D eigenvalue weighted by atomic mass is 10.1. The molecule has 2 heterocycles. The molecular formula is C27H30ClF5N4O3. The van der Waals surface area contributed by atoms with Crippen molar-refractivity contribution >= 4 is 34.8 Å². The van der Waals surface area contributed by atoms with Crippen molar-refractivity contribution in [3.05, 3.63) is 58.1 Å². The van der Waals surface area contributed by atoms with Crippen molar-refractivity contribution in [2.75, 3.05) is 49.6 Å². The van der Waals surface area contributed by atoms with Crippen molar-refractivity contribution in [3.63, 3.8) is 0 Å². The largest absolute Gasteiger partial charge is 0.390 e. The summed E-state index contributed by atoms with van der Waals surface area (Å²) in [5, 5.41) is 5.54. The lowest BCUT2D eigenvalue weighted by molar-refractivity contribution is -0.139. The molecule has 2 atom stereocenters. The van der Waals surface area contributed by atoms with Gasteiger partial charge in [0.05, 0.1) is 35.9 Å². The zero-order valence-electron chi connectivity index (χ0n) is 21.8. The minimum atomic E-state index is -4.24. The minimum absolute atomic E-state index is 0.106. The number of alkyl halides is 3. The first kappa shape index (κ1) is 30.0. The summed E-state index contributed by atoms with van der Waals surface area (Å²) in [6.45, 7) is 3.32. The summed E-state index contributed by atoms with van der Waals surface area (Å²) in [6, 6.07) is 6.84. The van der Waals surface area contributed by atoms with Crippen molar-refractivity contribution in [3.8, 4) is 0 Å². The molecule has 13 heteroatoms. The Kier molecular flexibility index (Phi) is 9.52. The topological polar surface area (TPSA) is 73.9 Å². The van der Waals surface area contributed by atoms with Gasteiger partial charge in [-0.15, -0.1) is 0 Å². The second-order valence-electron chi connectivity index (χ2n) is 9.99. The monoisotopic (exact) mass is 588 g/mol. The normalized spacial score (nSPS) is 20.0. The number of benzene rings is 2. The molecule has 2 amide bonds. The second-order valence-corrected chi connectivity index (χ2v) is 10.4. The van der Waals surface area contributed by atoms with E-state index in [4.69, 9.17) is 16.3 Å². The lowest BCUT2D eigenvalue weighted by Crippen LogP contribution is -2.52. The van der Waals surface area contributed by atoms with E-state index in [2.05, 4.69) is 10.6 Å². The maximum absolute atomic E-state index is 14.9. The second kappa shape index (κ2) is 12.7. The molecule has 2 aliphatic heterocycles. The molecule has 2 N–H and O–H groups in total. The smallest absolute Gasteiger partial charge is 0.381 e. The van der Waals surface area contributed by atoms with E-state index >= 15 is 0 Å². The van der Waals surface area contributed by atoms with E-state index in [1.807, 2.05) is 11.8 Å². The highest BCUT2D eigenvalue weighted by Crippen LogP contribution is 2.32. The van der Waals surface area contributed by atoms with E-state index in [1.165, 1.54) is 18.2 Å². The Bertz CT molecular complexity index is 1240. The number of carbonyl (C=O) groups is 2. The van der Waals surface area contributed by atoms with Crippen molar-refractivity contribution in [1.29, 1.82) is 0 Å². The predicted octanol–water partition coefficient (Wildman–Crippen LogP) is 4.99. The maximum atomic E-state index is 14.9. The summed E-state index contributed by atoms with van der Waals surface area (Å²) in [5.41, 5.74) is 0.174. The molecule has 2 fully saturated rings. The van der Waals surface area contributed by atoms with Gasteiger partial charge in [0.15, 0.2) is 11.6 Å². The molecule has 0 unspecified atom stereocenters. The standard InChI is InChI=1S/C27H30ClF5N4O3/c1-16-14-37(10-9-36(16)8-7-27(31,32)33)22-12-19(28)3-5-21(22)35-26(39)20-4-2-17(23(29)24(20)30)13-34-25(38)18-6-11-40-15-18/h2-5,12,16,18H,6-11,13-15H2,1H3,(H,34,38)(H,35,39)/t16-,18-/m1/s1. The first-order chi connectivity index (χ1) is 18.9. The molecule has 0 radical (unpaired) electrons. The minimum Gasteiger partial charge on any atom is -0.381 e. The molecule has 0 saturated carbocycles. The molecule has 2 aromatic rings. The Morgan fingerprint density at radius 2 is 1.90 bits per heavy atom. The van der Waals surface area contributed by atoms with Crippen LogP contribution in [0.25, 0.3) is 0 Å². The predicted molar refractivity (Wildman–Crippen MR) is 140 cm³/mol. The maximum Gasteiger partial charge on any atom is 0.390 e. The van der Waals surface area contributed by atoms with Crippen LogP contribution in [0.15, 0.2) is 30.3 Å². The van der Waals surface area contributed by atoms with Crippen LogP contribution in [0.3, 0.4) is 0 Å². The number of ether oxygens (including phenoxy) is 1. The number of hydrogen-bond donors (Lipinski definition) is 2. The van der Waals surface area contributed by atoms with Crippen LogP contribution in [-0.2, 0) is 16.1 Å². The van der Waals surface area contributed by atoms with Gasteiger partial charge in [-0.3, -0.25) is 14.5 Å². The quantitative estimate of drug-likeness (QED) is 0.425. The fourth-order valence-corrected chi connectivity index (χ4v) is 5.01. The Morgan fingerprint density at radius 1 is 1.12 bits per heavy atom. The highest BCUT2D eigenvalue weighted by Gasteiger charge is 2.32. The Balaban J connectivity index is 1.44. The van der Waals surface area contributed by atoms with Crippen molar-refractivity contribution < 1.29 is 36.3 Å². The summed E-state index contributed by atoms with van der Waals surface area (Å²) in [6.07, 6.45) is -4.59. The van der Waals surface area contributed by atoms with Gasteiger partial charge in [0.1, 0.15) is 0 Å². The van der Waals surface area contributed by atoms with E-state index in [0.29, 0.717) is 49.1 Å². The molecule has 218 valence electrons. The van der Waals surface area contributed by atoms with Crippen LogP contribution in [0.4, 0.5) is 33.3 Å². The Hall–Kier alpha value is -2.96. The fourth-order valence-electron chi connectivity index (χ4n) is 4.85. The number of piperazine rings is 1. The van der Waals surface area contributed by atoms with Gasteiger partial charge in [-0.1, -0.05) is 17.7 Å². The summed E-state index contributed by atoms with van der Waals surface area (Å²) < 4.78 is 72.9. The van der Waals surface area contributed by atoms with Gasteiger partial charge < -0.3 is 20.3 Å². The molecule has 0 aromatic heterocycles. The number of nitrogens with one attached hydrogen (secondary N) is 2. The fraction of sp³-hybridized carbons (Fsp3) is 0.481. The average molecular weight is 589 g/mol. The zero-order chi connectivity index (χ0) is 29.0. The molecule has 0 spiro atoms. The SMILES string of the molecule is C[C@@H]1CN(c2cc(Cl)ccc2NC(=O)c2ccc(CNC(=O)[C@@H]3CCOC3)c(F)c2F)CCN1CCC(F)(F)F. The molecule has 40 heavy (non-hydrogen) atoms. The lowest BCUT2D eigenvalue weighted by Gasteiger charge is -2.41. The molecule has 2 saturated heterocycles. The summed E-state index contributed by atoms with van der Waals surface area (Å²) in [7, 11) is 0. The number of hydrogen-bond acceptors (Lipinski definition) is 5. The average Bonchev–Trinajstić information content (AvgIpc) is 3.44. The zero-order valence-corrected chi connectivity index (χ0v) is 22.5. The van der Waals surface area contributed by atoms with Crippen LogP contribution >= 0.6 is 11.6 Å². The molecule has 7 nitrogen and oxygen atoms in total. The summed E-state index contributed by atoms with van der Waals surface area (Å²) >= 11 is 6.19. The first-order valence-electron chi connectivity index (χ1n) is 12.9. The van der Waals surface area contributed by atoms with Gasteiger partial charge in [-0.05, 0) is 37.6 Å². The molecule has 2 aliphatic rings. The van der Waals surface area contributed by atoms with E-state index < -0.39 is 35.7 Å². The van der Waals surface area contributed by atoms with Crippen LogP contribution in [0.1, 0.15) is 35.7 Å². The number of nitrogens with zero attached hydrogens (tertiary/aromatic N) is 2. The number of rotatable bonds is 8. The molecule has 0 bridgehead atoms. The Morgan fingerprint density at radius 3 is 2.58 bits per heavy atom. The third-order valence-corrected chi connectivity index (χ3v) is 7.39. The van der Waals surface area contributed by atoms with Gasteiger partial charge in [0.2, 0.25) is 5.91 Å². The summed E-state index contributed by atoms with van der Waals surface area (Å²) in [4.78, 5) is 28.8. The van der Waals surface area contributed by atoms with E-state index in [-0.39, 0.29) is 43.1 Å². The van der Waals surface area contributed by atoms with Gasteiger partial charge in [0, 0.05) is 56.0 Å². The Labute approximate surface area is 233 Å².